The third-order valence-electron chi connectivity index (χ3n) is 5.06. The number of non-ortho nitro benzene ring substituents is 1. The molecular weight excluding hydrogens is 450 g/mol. The minimum Gasteiger partial charge on any atom is -0.504 e. The predicted molar refractivity (Wildman–Crippen MR) is 120 cm³/mol. The highest BCUT2D eigenvalue weighted by molar-refractivity contribution is 7.17. The molecule has 10 nitrogen and oxygen atoms in total. The van der Waals surface area contributed by atoms with E-state index >= 15 is 0 Å². The van der Waals surface area contributed by atoms with Gasteiger partial charge in [0.1, 0.15) is 16.6 Å². The van der Waals surface area contributed by atoms with E-state index in [0.717, 1.165) is 47.9 Å². The molecule has 2 aromatic rings. The highest BCUT2D eigenvalue weighted by Gasteiger charge is 2.28. The van der Waals surface area contributed by atoms with Gasteiger partial charge in [0, 0.05) is 16.5 Å². The van der Waals surface area contributed by atoms with Gasteiger partial charge >= 0.3 is 5.97 Å². The maximum Gasteiger partial charge on any atom is 0.341 e. The van der Waals surface area contributed by atoms with Crippen molar-refractivity contribution in [1.82, 2.24) is 0 Å². The molecule has 0 saturated carbocycles. The Morgan fingerprint density at radius 2 is 2.09 bits per heavy atom. The zero-order chi connectivity index (χ0) is 24.1. The zero-order valence-electron chi connectivity index (χ0n) is 18.0. The first-order valence-electron chi connectivity index (χ1n) is 10.1. The van der Waals surface area contributed by atoms with Gasteiger partial charge in [0.2, 0.25) is 0 Å². The van der Waals surface area contributed by atoms with Crippen molar-refractivity contribution >= 4 is 40.0 Å². The van der Waals surface area contributed by atoms with Gasteiger partial charge in [0.05, 0.1) is 30.3 Å². The van der Waals surface area contributed by atoms with Crippen LogP contribution >= 0.6 is 11.3 Å². The number of nitrogens with zero attached hydrogens (tertiary/aromatic N) is 2. The Bertz CT molecular complexity index is 1190. The summed E-state index contributed by atoms with van der Waals surface area (Å²) in [7, 11) is 1.22. The minimum absolute atomic E-state index is 0.135. The zero-order valence-corrected chi connectivity index (χ0v) is 18.8. The van der Waals surface area contributed by atoms with Gasteiger partial charge in [-0.05, 0) is 44.2 Å². The molecule has 0 radical (unpaired) electrons. The lowest BCUT2D eigenvalue weighted by Gasteiger charge is -2.12. The van der Waals surface area contributed by atoms with Crippen LogP contribution in [0.15, 0.2) is 17.7 Å². The molecular formula is C22H21N3O7S. The largest absolute Gasteiger partial charge is 0.504 e. The van der Waals surface area contributed by atoms with E-state index in [9.17, 15) is 30.1 Å². The molecule has 2 N–H and O–H groups in total. The number of esters is 1. The van der Waals surface area contributed by atoms with Gasteiger partial charge < -0.3 is 19.9 Å². The van der Waals surface area contributed by atoms with Crippen molar-refractivity contribution in [2.45, 2.75) is 32.6 Å². The summed E-state index contributed by atoms with van der Waals surface area (Å²) < 4.78 is 10.1. The molecule has 1 aromatic heterocycles. The topological polar surface area (TPSA) is 152 Å². The van der Waals surface area contributed by atoms with Crippen LogP contribution in [0, 0.1) is 21.4 Å². The van der Waals surface area contributed by atoms with Crippen LogP contribution in [-0.2, 0) is 22.4 Å². The number of hydrogen-bond donors (Lipinski definition) is 2. The van der Waals surface area contributed by atoms with Gasteiger partial charge in [-0.1, -0.05) is 0 Å². The van der Waals surface area contributed by atoms with Crippen LogP contribution in [0.25, 0.3) is 6.08 Å². The number of aromatic hydroxyl groups is 1. The number of carbonyl (C=O) groups excluding carboxylic acids is 2. The number of amides is 1. The minimum atomic E-state index is -0.827. The smallest absolute Gasteiger partial charge is 0.341 e. The number of phenolic OH excluding ortho intramolecular Hbond substituents is 1. The SMILES string of the molecule is CCOC(=O)c1c(NC(=O)/C(C#N)=C\c2cc([N+](=O)[O-])cc(OC)c2O)sc2c1CCCC2. The Hall–Kier alpha value is -3.91. The first kappa shape index (κ1) is 23.7. The number of rotatable bonds is 7. The monoisotopic (exact) mass is 471 g/mol. The number of benzene rings is 1. The highest BCUT2D eigenvalue weighted by Crippen LogP contribution is 2.39. The van der Waals surface area contributed by atoms with Crippen molar-refractivity contribution in [2.24, 2.45) is 0 Å². The van der Waals surface area contributed by atoms with Crippen molar-refractivity contribution in [3.8, 4) is 17.6 Å². The molecule has 0 unspecified atom stereocenters. The number of nitriles is 1. The molecule has 0 atom stereocenters. The summed E-state index contributed by atoms with van der Waals surface area (Å²) in [4.78, 5) is 36.9. The summed E-state index contributed by atoms with van der Waals surface area (Å²) in [5.41, 5.74) is 0.201. The second-order valence-electron chi connectivity index (χ2n) is 7.10. The van der Waals surface area contributed by atoms with Crippen molar-refractivity contribution < 1.29 is 29.1 Å². The number of hydrogen-bond acceptors (Lipinski definition) is 9. The van der Waals surface area contributed by atoms with Gasteiger partial charge in [0.15, 0.2) is 11.5 Å². The number of carbonyl (C=O) groups is 2. The average Bonchev–Trinajstić information content (AvgIpc) is 3.16. The number of fused-ring (bicyclic) bond motifs is 1. The summed E-state index contributed by atoms with van der Waals surface area (Å²) in [6, 6.07) is 3.79. The third-order valence-corrected chi connectivity index (χ3v) is 6.27. The van der Waals surface area contributed by atoms with E-state index in [1.54, 1.807) is 13.0 Å². The average molecular weight is 471 g/mol. The molecule has 0 saturated heterocycles. The number of nitro benzene ring substituents is 1. The van der Waals surface area contributed by atoms with E-state index in [4.69, 9.17) is 9.47 Å². The summed E-state index contributed by atoms with van der Waals surface area (Å²) in [6.45, 7) is 1.86. The third kappa shape index (κ3) is 4.96. The fraction of sp³-hybridized carbons (Fsp3) is 0.318. The van der Waals surface area contributed by atoms with Gasteiger partial charge in [-0.2, -0.15) is 5.26 Å². The summed E-state index contributed by atoms with van der Waals surface area (Å²) >= 11 is 1.27. The van der Waals surface area contributed by atoms with Crippen molar-refractivity contribution in [3.63, 3.8) is 0 Å². The van der Waals surface area contributed by atoms with E-state index in [0.29, 0.717) is 12.0 Å². The van der Waals surface area contributed by atoms with E-state index in [-0.39, 0.29) is 28.6 Å². The molecule has 0 bridgehead atoms. The van der Waals surface area contributed by atoms with E-state index < -0.39 is 28.1 Å². The molecule has 1 aliphatic carbocycles. The van der Waals surface area contributed by atoms with Crippen LogP contribution in [0.3, 0.4) is 0 Å². The maximum atomic E-state index is 12.9. The van der Waals surface area contributed by atoms with Crippen molar-refractivity contribution in [2.75, 3.05) is 19.0 Å². The quantitative estimate of drug-likeness (QED) is 0.202. The maximum absolute atomic E-state index is 12.9. The molecule has 0 fully saturated rings. The number of thiophene rings is 1. The first-order chi connectivity index (χ1) is 15.8. The number of anilines is 1. The lowest BCUT2D eigenvalue weighted by Crippen LogP contribution is -2.16. The van der Waals surface area contributed by atoms with E-state index in [2.05, 4.69) is 5.32 Å². The number of phenols is 1. The molecule has 1 amide bonds. The normalized spacial score (nSPS) is 12.9. The fourth-order valence-corrected chi connectivity index (χ4v) is 4.81. The Kier molecular flexibility index (Phi) is 7.30. The predicted octanol–water partition coefficient (Wildman–Crippen LogP) is 3.97. The number of nitrogens with one attached hydrogen (secondary N) is 1. The van der Waals surface area contributed by atoms with Crippen molar-refractivity contribution in [3.05, 3.63) is 49.4 Å². The van der Waals surface area contributed by atoms with Crippen LogP contribution in [0.5, 0.6) is 11.5 Å². The standard InChI is InChI=1S/C22H21N3O7S/c1-3-32-22(28)18-15-6-4-5-7-17(15)33-21(18)24-20(27)13(11-23)8-12-9-14(25(29)30)10-16(31-2)19(12)26/h8-10,26H,3-7H2,1-2H3,(H,24,27)/b13-8-. The molecule has 0 aliphatic heterocycles. The number of methoxy groups -OCH3 is 1. The van der Waals surface area contributed by atoms with Crippen molar-refractivity contribution in [1.29, 1.82) is 5.26 Å². The van der Waals surface area contributed by atoms with Crippen LogP contribution in [0.1, 0.15) is 46.1 Å². The second kappa shape index (κ2) is 10.1. The molecule has 1 aromatic carbocycles. The lowest BCUT2D eigenvalue weighted by molar-refractivity contribution is -0.385. The summed E-state index contributed by atoms with van der Waals surface area (Å²) in [6.07, 6.45) is 4.39. The molecule has 1 aliphatic rings. The van der Waals surface area contributed by atoms with Gasteiger partial charge in [-0.3, -0.25) is 14.9 Å². The van der Waals surface area contributed by atoms with Crippen LogP contribution in [-0.4, -0.2) is 35.6 Å². The van der Waals surface area contributed by atoms with Gasteiger partial charge in [-0.15, -0.1) is 11.3 Å². The first-order valence-corrected chi connectivity index (χ1v) is 10.9. The van der Waals surface area contributed by atoms with E-state index in [1.807, 2.05) is 0 Å². The molecule has 172 valence electrons. The summed E-state index contributed by atoms with van der Waals surface area (Å²) in [5.74, 6) is -2.01. The molecule has 3 rings (SSSR count). The molecule has 33 heavy (non-hydrogen) atoms. The Morgan fingerprint density at radius 3 is 2.73 bits per heavy atom. The van der Waals surface area contributed by atoms with Gasteiger partial charge in [0.25, 0.3) is 11.6 Å². The molecule has 11 heteroatoms. The Balaban J connectivity index is 1.99. The van der Waals surface area contributed by atoms with Crippen LogP contribution in [0.2, 0.25) is 0 Å². The second-order valence-corrected chi connectivity index (χ2v) is 8.21. The van der Waals surface area contributed by atoms with Gasteiger partial charge in [-0.25, -0.2) is 4.79 Å². The molecule has 0 spiro atoms. The summed E-state index contributed by atoms with van der Waals surface area (Å²) in [5, 5.41) is 33.9. The number of aryl methyl sites for hydroxylation is 1. The lowest BCUT2D eigenvalue weighted by atomic mass is 9.95. The number of nitro groups is 1. The Morgan fingerprint density at radius 1 is 1.36 bits per heavy atom. The van der Waals surface area contributed by atoms with E-state index in [1.165, 1.54) is 18.4 Å². The number of ether oxygens (including phenoxy) is 2. The molecule has 1 heterocycles. The highest BCUT2D eigenvalue weighted by atomic mass is 32.1. The fourth-order valence-electron chi connectivity index (χ4n) is 3.53. The Labute approximate surface area is 193 Å². The van der Waals surface area contributed by atoms with Crippen LogP contribution in [0.4, 0.5) is 10.7 Å². The van der Waals surface area contributed by atoms with Crippen LogP contribution < -0.4 is 10.1 Å².